The van der Waals surface area contributed by atoms with Gasteiger partial charge < -0.3 is 9.47 Å². The second-order valence-corrected chi connectivity index (χ2v) is 5.92. The summed E-state index contributed by atoms with van der Waals surface area (Å²) in [4.78, 5) is 37.5. The number of benzene rings is 1. The molecule has 4 amide bonds. The number of urea groups is 1. The predicted molar refractivity (Wildman–Crippen MR) is 91.5 cm³/mol. The Morgan fingerprint density at radius 3 is 2.48 bits per heavy atom. The molecule has 0 saturated carbocycles. The molecule has 0 bridgehead atoms. The zero-order valence-electron chi connectivity index (χ0n) is 14.8. The molecule has 2 rings (SSSR count). The highest BCUT2D eigenvalue weighted by Crippen LogP contribution is 2.28. The Kier molecular flexibility index (Phi) is 6.38. The molecular formula is C18H24N2O5. The lowest BCUT2D eigenvalue weighted by Gasteiger charge is -2.30. The first-order valence-electron chi connectivity index (χ1n) is 8.38. The quantitative estimate of drug-likeness (QED) is 0.728. The first kappa shape index (κ1) is 18.8. The lowest BCUT2D eigenvalue weighted by molar-refractivity contribution is -0.142. The van der Waals surface area contributed by atoms with Crippen molar-refractivity contribution in [3.8, 4) is 11.5 Å². The number of methoxy groups -OCH3 is 2. The Labute approximate surface area is 147 Å². The second kappa shape index (κ2) is 8.50. The number of unbranched alkanes of at least 4 members (excludes halogenated alkanes) is 1. The maximum atomic E-state index is 12.5. The predicted octanol–water partition coefficient (Wildman–Crippen LogP) is 2.13. The summed E-state index contributed by atoms with van der Waals surface area (Å²) in [6, 6.07) is 4.79. The van der Waals surface area contributed by atoms with Crippen LogP contribution in [-0.2, 0) is 16.0 Å². The Bertz CT molecular complexity index is 659. The molecule has 0 spiro atoms. The van der Waals surface area contributed by atoms with E-state index in [9.17, 15) is 14.4 Å². The van der Waals surface area contributed by atoms with E-state index in [1.807, 2.05) is 19.1 Å². The van der Waals surface area contributed by atoms with E-state index >= 15 is 0 Å². The average Bonchev–Trinajstić information content (AvgIpc) is 2.61. The number of carbonyl (C=O) groups is 3. The molecule has 136 valence electrons. The van der Waals surface area contributed by atoms with Gasteiger partial charge in [0.05, 0.1) is 14.2 Å². The maximum Gasteiger partial charge on any atom is 0.330 e. The number of hydrogen-bond acceptors (Lipinski definition) is 5. The fourth-order valence-corrected chi connectivity index (χ4v) is 2.81. The van der Waals surface area contributed by atoms with Crippen molar-refractivity contribution in [2.24, 2.45) is 5.92 Å². The van der Waals surface area contributed by atoms with Crippen LogP contribution in [0.4, 0.5) is 4.79 Å². The summed E-state index contributed by atoms with van der Waals surface area (Å²) in [6.45, 7) is 2.20. The topological polar surface area (TPSA) is 84.9 Å². The smallest absolute Gasteiger partial charge is 0.330 e. The first-order chi connectivity index (χ1) is 12.0. The normalized spacial score (nSPS) is 17.5. The van der Waals surface area contributed by atoms with Crippen LogP contribution < -0.4 is 14.8 Å². The van der Waals surface area contributed by atoms with E-state index in [2.05, 4.69) is 5.32 Å². The van der Waals surface area contributed by atoms with Crippen molar-refractivity contribution in [3.05, 3.63) is 23.8 Å². The van der Waals surface area contributed by atoms with E-state index in [4.69, 9.17) is 9.47 Å². The van der Waals surface area contributed by atoms with Crippen molar-refractivity contribution < 1.29 is 23.9 Å². The van der Waals surface area contributed by atoms with Crippen LogP contribution in [0.3, 0.4) is 0 Å². The summed E-state index contributed by atoms with van der Waals surface area (Å²) in [5.74, 6) is -0.481. The highest BCUT2D eigenvalue weighted by molar-refractivity contribution is 6.16. The number of barbiturate groups is 1. The number of imide groups is 2. The Morgan fingerprint density at radius 1 is 1.12 bits per heavy atom. The van der Waals surface area contributed by atoms with Crippen molar-refractivity contribution >= 4 is 17.8 Å². The summed E-state index contributed by atoms with van der Waals surface area (Å²) in [7, 11) is 3.11. The van der Waals surface area contributed by atoms with Crippen LogP contribution >= 0.6 is 0 Å². The third-order valence-corrected chi connectivity index (χ3v) is 4.27. The second-order valence-electron chi connectivity index (χ2n) is 5.92. The highest BCUT2D eigenvalue weighted by atomic mass is 16.5. The van der Waals surface area contributed by atoms with Gasteiger partial charge in [-0.2, -0.15) is 0 Å². The molecule has 25 heavy (non-hydrogen) atoms. The van der Waals surface area contributed by atoms with Crippen LogP contribution in [0.15, 0.2) is 18.2 Å². The SMILES string of the molecule is CCCC[C@@H]1C(=O)NC(=O)N(CCc2ccc(OC)c(OC)c2)C1=O. The molecule has 1 atom stereocenters. The van der Waals surface area contributed by atoms with E-state index in [-0.39, 0.29) is 6.54 Å². The van der Waals surface area contributed by atoms with Gasteiger partial charge in [-0.05, 0) is 30.5 Å². The third kappa shape index (κ3) is 4.29. The molecule has 1 fully saturated rings. The summed E-state index contributed by atoms with van der Waals surface area (Å²) in [5.41, 5.74) is 0.903. The van der Waals surface area contributed by atoms with Gasteiger partial charge in [0.2, 0.25) is 11.8 Å². The molecular weight excluding hydrogens is 324 g/mol. The summed E-state index contributed by atoms with van der Waals surface area (Å²) < 4.78 is 10.4. The van der Waals surface area contributed by atoms with Crippen LogP contribution in [-0.4, -0.2) is 43.5 Å². The Hall–Kier alpha value is -2.57. The van der Waals surface area contributed by atoms with Gasteiger partial charge in [0.1, 0.15) is 5.92 Å². The van der Waals surface area contributed by atoms with E-state index in [0.29, 0.717) is 24.3 Å². The van der Waals surface area contributed by atoms with Gasteiger partial charge >= 0.3 is 6.03 Å². The van der Waals surface area contributed by atoms with Crippen LogP contribution in [0.25, 0.3) is 0 Å². The number of nitrogens with one attached hydrogen (secondary N) is 1. The summed E-state index contributed by atoms with van der Waals surface area (Å²) >= 11 is 0. The Balaban J connectivity index is 2.06. The van der Waals surface area contributed by atoms with Crippen molar-refractivity contribution in [2.45, 2.75) is 32.6 Å². The molecule has 1 aliphatic heterocycles. The lowest BCUT2D eigenvalue weighted by atomic mass is 9.97. The van der Waals surface area contributed by atoms with E-state index in [1.54, 1.807) is 20.3 Å². The van der Waals surface area contributed by atoms with Gasteiger partial charge in [-0.15, -0.1) is 0 Å². The van der Waals surface area contributed by atoms with Gasteiger partial charge in [0.25, 0.3) is 0 Å². The molecule has 1 aromatic rings. The van der Waals surface area contributed by atoms with E-state index < -0.39 is 23.8 Å². The average molecular weight is 348 g/mol. The number of amides is 4. The third-order valence-electron chi connectivity index (χ3n) is 4.27. The summed E-state index contributed by atoms with van der Waals surface area (Å²) in [5, 5.41) is 2.28. The molecule has 7 nitrogen and oxygen atoms in total. The maximum absolute atomic E-state index is 12.5. The highest BCUT2D eigenvalue weighted by Gasteiger charge is 2.39. The molecule has 1 aromatic carbocycles. The monoisotopic (exact) mass is 348 g/mol. The van der Waals surface area contributed by atoms with Gasteiger partial charge in [0, 0.05) is 6.54 Å². The zero-order chi connectivity index (χ0) is 18.4. The van der Waals surface area contributed by atoms with Gasteiger partial charge in [0.15, 0.2) is 11.5 Å². The van der Waals surface area contributed by atoms with Crippen LogP contribution in [0.1, 0.15) is 31.7 Å². The molecule has 0 aromatic heterocycles. The number of nitrogens with zero attached hydrogens (tertiary/aromatic N) is 1. The largest absolute Gasteiger partial charge is 0.493 e. The standard InChI is InChI=1S/C18H24N2O5/c1-4-5-6-13-16(21)19-18(23)20(17(13)22)10-9-12-7-8-14(24-2)15(11-12)25-3/h7-8,11,13H,4-6,9-10H2,1-3H3,(H,19,21,23)/t13-/m1/s1. The number of rotatable bonds is 8. The molecule has 0 radical (unpaired) electrons. The van der Waals surface area contributed by atoms with Gasteiger partial charge in [-0.3, -0.25) is 19.8 Å². The fourth-order valence-electron chi connectivity index (χ4n) is 2.81. The molecule has 1 heterocycles. The lowest BCUT2D eigenvalue weighted by Crippen LogP contribution is -2.58. The van der Waals surface area contributed by atoms with E-state index in [1.165, 1.54) is 0 Å². The van der Waals surface area contributed by atoms with Gasteiger partial charge in [-0.25, -0.2) is 4.79 Å². The number of carbonyl (C=O) groups excluding carboxylic acids is 3. The first-order valence-corrected chi connectivity index (χ1v) is 8.38. The number of hydrogen-bond donors (Lipinski definition) is 1. The van der Waals surface area contributed by atoms with Crippen molar-refractivity contribution in [1.29, 1.82) is 0 Å². The zero-order valence-corrected chi connectivity index (χ0v) is 14.8. The Morgan fingerprint density at radius 2 is 1.84 bits per heavy atom. The van der Waals surface area contributed by atoms with E-state index in [0.717, 1.165) is 23.3 Å². The molecule has 0 unspecified atom stereocenters. The molecule has 0 aliphatic carbocycles. The van der Waals surface area contributed by atoms with Crippen LogP contribution in [0, 0.1) is 5.92 Å². The fraction of sp³-hybridized carbons (Fsp3) is 0.500. The molecule has 7 heteroatoms. The number of ether oxygens (including phenoxy) is 2. The minimum Gasteiger partial charge on any atom is -0.493 e. The van der Waals surface area contributed by atoms with Crippen LogP contribution in [0.2, 0.25) is 0 Å². The molecule has 1 saturated heterocycles. The van der Waals surface area contributed by atoms with Crippen molar-refractivity contribution in [1.82, 2.24) is 10.2 Å². The summed E-state index contributed by atoms with van der Waals surface area (Å²) in [6.07, 6.45) is 2.58. The van der Waals surface area contributed by atoms with Crippen molar-refractivity contribution in [2.75, 3.05) is 20.8 Å². The molecule has 1 aliphatic rings. The minimum atomic E-state index is -0.775. The van der Waals surface area contributed by atoms with Crippen LogP contribution in [0.5, 0.6) is 11.5 Å². The van der Waals surface area contributed by atoms with Crippen molar-refractivity contribution in [3.63, 3.8) is 0 Å². The van der Waals surface area contributed by atoms with Gasteiger partial charge in [-0.1, -0.05) is 25.8 Å². The molecule has 1 N–H and O–H groups in total. The minimum absolute atomic E-state index is 0.204.